The zero-order valence-electron chi connectivity index (χ0n) is 13.3. The third-order valence-corrected chi connectivity index (χ3v) is 3.26. The number of carboxylic acid groups (broad SMARTS) is 1. The van der Waals surface area contributed by atoms with Crippen LogP contribution in [0, 0.1) is 0 Å². The van der Waals surface area contributed by atoms with Crippen LogP contribution >= 0.6 is 12.4 Å². The first-order valence-electron chi connectivity index (χ1n) is 7.09. The topological polar surface area (TPSA) is 69.6 Å². The Bertz CT molecular complexity index is 550. The molecule has 5 nitrogen and oxygen atoms in total. The van der Waals surface area contributed by atoms with E-state index < -0.39 is 29.7 Å². The predicted molar refractivity (Wildman–Crippen MR) is 86.3 cm³/mol. The molecule has 0 heterocycles. The molecule has 2 N–H and O–H groups in total. The SMILES string of the molecule is CCCN(CC(=O)O)C(C)C(=O)Nc1ccc(C(F)(F)F)cc1.Cl. The van der Waals surface area contributed by atoms with E-state index in [0.29, 0.717) is 13.0 Å². The van der Waals surface area contributed by atoms with Gasteiger partial charge in [-0.05, 0) is 44.2 Å². The third-order valence-electron chi connectivity index (χ3n) is 3.26. The minimum absolute atomic E-state index is 0. The maximum Gasteiger partial charge on any atom is 0.416 e. The monoisotopic (exact) mass is 368 g/mol. The van der Waals surface area contributed by atoms with Crippen molar-refractivity contribution in [2.45, 2.75) is 32.5 Å². The Morgan fingerprint density at radius 2 is 1.79 bits per heavy atom. The van der Waals surface area contributed by atoms with Gasteiger partial charge in [-0.2, -0.15) is 13.2 Å². The summed E-state index contributed by atoms with van der Waals surface area (Å²) < 4.78 is 37.4. The van der Waals surface area contributed by atoms with Crippen molar-refractivity contribution in [3.05, 3.63) is 29.8 Å². The number of halogens is 4. The van der Waals surface area contributed by atoms with Crippen LogP contribution in [0.1, 0.15) is 25.8 Å². The number of aliphatic carboxylic acids is 1. The van der Waals surface area contributed by atoms with E-state index in [-0.39, 0.29) is 24.6 Å². The number of amides is 1. The van der Waals surface area contributed by atoms with Crippen LogP contribution in [-0.2, 0) is 15.8 Å². The average Bonchev–Trinajstić information content (AvgIpc) is 2.45. The zero-order chi connectivity index (χ0) is 17.6. The van der Waals surface area contributed by atoms with Gasteiger partial charge in [0.15, 0.2) is 0 Å². The summed E-state index contributed by atoms with van der Waals surface area (Å²) in [4.78, 5) is 24.4. The molecule has 1 atom stereocenters. The molecule has 0 saturated carbocycles. The summed E-state index contributed by atoms with van der Waals surface area (Å²) in [6, 6.07) is 3.36. The summed E-state index contributed by atoms with van der Waals surface area (Å²) in [7, 11) is 0. The van der Waals surface area contributed by atoms with Gasteiger partial charge in [-0.3, -0.25) is 14.5 Å². The molecule has 1 unspecified atom stereocenters. The number of nitrogens with one attached hydrogen (secondary N) is 1. The number of hydrogen-bond donors (Lipinski definition) is 2. The lowest BCUT2D eigenvalue weighted by Gasteiger charge is -2.26. The van der Waals surface area contributed by atoms with Crippen LogP contribution in [0.2, 0.25) is 0 Å². The normalized spacial score (nSPS) is 12.4. The van der Waals surface area contributed by atoms with Crippen molar-refractivity contribution in [1.29, 1.82) is 0 Å². The lowest BCUT2D eigenvalue weighted by Crippen LogP contribution is -2.44. The molecule has 9 heteroatoms. The maximum atomic E-state index is 12.5. The van der Waals surface area contributed by atoms with Crippen LogP contribution in [-0.4, -0.2) is 41.0 Å². The Balaban J connectivity index is 0.00000529. The van der Waals surface area contributed by atoms with Gasteiger partial charge in [-0.1, -0.05) is 6.92 Å². The molecule has 0 radical (unpaired) electrons. The maximum absolute atomic E-state index is 12.5. The molecule has 1 aromatic rings. The highest BCUT2D eigenvalue weighted by molar-refractivity contribution is 5.94. The van der Waals surface area contributed by atoms with Crippen LogP contribution in [0.15, 0.2) is 24.3 Å². The molecule has 0 saturated heterocycles. The highest BCUT2D eigenvalue weighted by Crippen LogP contribution is 2.29. The Kier molecular flexibility index (Phi) is 8.77. The second kappa shape index (κ2) is 9.48. The molecule has 0 spiro atoms. The Labute approximate surface area is 144 Å². The van der Waals surface area contributed by atoms with Crippen molar-refractivity contribution in [2.24, 2.45) is 0 Å². The number of carboxylic acids is 1. The van der Waals surface area contributed by atoms with E-state index in [1.807, 2.05) is 6.92 Å². The average molecular weight is 369 g/mol. The van der Waals surface area contributed by atoms with E-state index >= 15 is 0 Å². The number of carbonyl (C=O) groups excluding carboxylic acids is 1. The number of carbonyl (C=O) groups is 2. The Morgan fingerprint density at radius 1 is 1.25 bits per heavy atom. The Hall–Kier alpha value is -1.80. The first-order chi connectivity index (χ1) is 10.6. The van der Waals surface area contributed by atoms with E-state index in [1.54, 1.807) is 6.92 Å². The smallest absolute Gasteiger partial charge is 0.416 e. The van der Waals surface area contributed by atoms with Gasteiger partial charge in [0.25, 0.3) is 0 Å². The van der Waals surface area contributed by atoms with Gasteiger partial charge in [0.1, 0.15) is 0 Å². The lowest BCUT2D eigenvalue weighted by atomic mass is 10.2. The first-order valence-corrected chi connectivity index (χ1v) is 7.09. The van der Waals surface area contributed by atoms with Crippen LogP contribution in [0.4, 0.5) is 18.9 Å². The fourth-order valence-electron chi connectivity index (χ4n) is 2.03. The van der Waals surface area contributed by atoms with Crippen LogP contribution < -0.4 is 5.32 Å². The summed E-state index contributed by atoms with van der Waals surface area (Å²) in [5, 5.41) is 11.3. The van der Waals surface area contributed by atoms with Crippen molar-refractivity contribution in [2.75, 3.05) is 18.4 Å². The van der Waals surface area contributed by atoms with Crippen molar-refractivity contribution in [3.8, 4) is 0 Å². The second-order valence-electron chi connectivity index (χ2n) is 5.10. The fraction of sp³-hybridized carbons (Fsp3) is 0.467. The summed E-state index contributed by atoms with van der Waals surface area (Å²) in [5.41, 5.74) is -0.580. The predicted octanol–water partition coefficient (Wildman–Crippen LogP) is 3.25. The van der Waals surface area contributed by atoms with E-state index in [0.717, 1.165) is 24.3 Å². The largest absolute Gasteiger partial charge is 0.480 e. The molecule has 24 heavy (non-hydrogen) atoms. The molecule has 1 amide bonds. The van der Waals surface area contributed by atoms with Crippen LogP contribution in [0.5, 0.6) is 0 Å². The number of hydrogen-bond acceptors (Lipinski definition) is 3. The minimum Gasteiger partial charge on any atom is -0.480 e. The molecule has 1 rings (SSSR count). The number of alkyl halides is 3. The van der Waals surface area contributed by atoms with Crippen molar-refractivity contribution in [3.63, 3.8) is 0 Å². The molecule has 1 aromatic carbocycles. The summed E-state index contributed by atoms with van der Waals surface area (Å²) in [5.74, 6) is -1.52. The molecule has 136 valence electrons. The van der Waals surface area contributed by atoms with E-state index in [2.05, 4.69) is 5.32 Å². The van der Waals surface area contributed by atoms with Crippen LogP contribution in [0.25, 0.3) is 0 Å². The molecular weight excluding hydrogens is 349 g/mol. The van der Waals surface area contributed by atoms with Crippen molar-refractivity contribution >= 4 is 30.0 Å². The van der Waals surface area contributed by atoms with E-state index in [9.17, 15) is 22.8 Å². The number of benzene rings is 1. The van der Waals surface area contributed by atoms with Gasteiger partial charge in [0.05, 0.1) is 18.2 Å². The van der Waals surface area contributed by atoms with Crippen molar-refractivity contribution in [1.82, 2.24) is 4.90 Å². The molecule has 0 bridgehead atoms. The molecule has 0 aromatic heterocycles. The van der Waals surface area contributed by atoms with E-state index in [4.69, 9.17) is 5.11 Å². The second-order valence-corrected chi connectivity index (χ2v) is 5.10. The van der Waals surface area contributed by atoms with Crippen molar-refractivity contribution < 1.29 is 27.9 Å². The molecule has 0 aliphatic carbocycles. The number of anilines is 1. The summed E-state index contributed by atoms with van der Waals surface area (Å²) in [6.07, 6.45) is -3.76. The Morgan fingerprint density at radius 3 is 2.21 bits per heavy atom. The number of rotatable bonds is 7. The highest BCUT2D eigenvalue weighted by Gasteiger charge is 2.30. The van der Waals surface area contributed by atoms with Gasteiger partial charge in [-0.15, -0.1) is 12.4 Å². The standard InChI is InChI=1S/C15H19F3N2O3.ClH/c1-3-8-20(9-13(21)22)10(2)14(23)19-12-6-4-11(5-7-12)15(16,17)18;/h4-7,10H,3,8-9H2,1-2H3,(H,19,23)(H,21,22);1H. The van der Waals surface area contributed by atoms with Gasteiger partial charge in [0.2, 0.25) is 5.91 Å². The molecule has 0 aliphatic rings. The number of nitrogens with zero attached hydrogens (tertiary/aromatic N) is 1. The highest BCUT2D eigenvalue weighted by atomic mass is 35.5. The third kappa shape index (κ3) is 6.76. The lowest BCUT2D eigenvalue weighted by molar-refractivity contribution is -0.139. The van der Waals surface area contributed by atoms with Gasteiger partial charge < -0.3 is 10.4 Å². The minimum atomic E-state index is -4.44. The summed E-state index contributed by atoms with van der Waals surface area (Å²) >= 11 is 0. The molecule has 0 aliphatic heterocycles. The quantitative estimate of drug-likeness (QED) is 0.775. The van der Waals surface area contributed by atoms with Crippen LogP contribution in [0.3, 0.4) is 0 Å². The first kappa shape index (κ1) is 22.2. The van der Waals surface area contributed by atoms with Gasteiger partial charge in [0, 0.05) is 5.69 Å². The molecule has 0 fully saturated rings. The van der Waals surface area contributed by atoms with Gasteiger partial charge in [-0.25, -0.2) is 0 Å². The van der Waals surface area contributed by atoms with Gasteiger partial charge >= 0.3 is 12.1 Å². The fourth-order valence-corrected chi connectivity index (χ4v) is 2.03. The summed E-state index contributed by atoms with van der Waals surface area (Å²) in [6.45, 7) is 3.55. The molecular formula is C15H20ClF3N2O3. The zero-order valence-corrected chi connectivity index (χ0v) is 14.1. The van der Waals surface area contributed by atoms with E-state index in [1.165, 1.54) is 4.90 Å².